The Balaban J connectivity index is 3.36. The summed E-state index contributed by atoms with van der Waals surface area (Å²) >= 11 is 4.17. The highest BCUT2D eigenvalue weighted by molar-refractivity contribution is 7.80. The first-order chi connectivity index (χ1) is 6.60. The molecule has 0 heterocycles. The molecule has 0 aromatic heterocycles. The van der Waals surface area contributed by atoms with E-state index in [1.165, 1.54) is 7.11 Å². The lowest BCUT2D eigenvalue weighted by atomic mass is 10.1. The van der Waals surface area contributed by atoms with Gasteiger partial charge in [0.25, 0.3) is 0 Å². The zero-order chi connectivity index (χ0) is 10.7. The molecular weight excluding hydrogens is 198 g/mol. The molecule has 0 fully saturated rings. The summed E-state index contributed by atoms with van der Waals surface area (Å²) in [5.41, 5.74) is 1.43. The number of carbonyl (C=O) groups is 1. The van der Waals surface area contributed by atoms with E-state index >= 15 is 0 Å². The van der Waals surface area contributed by atoms with Gasteiger partial charge in [0.1, 0.15) is 6.07 Å². The molecule has 0 N–H and O–H groups in total. The van der Waals surface area contributed by atoms with Gasteiger partial charge in [0.05, 0.1) is 18.2 Å². The van der Waals surface area contributed by atoms with Crippen molar-refractivity contribution in [2.75, 3.05) is 7.11 Å². The van der Waals surface area contributed by atoms with Crippen molar-refractivity contribution >= 4 is 18.6 Å². The van der Waals surface area contributed by atoms with Crippen molar-refractivity contribution in [3.8, 4) is 6.07 Å². The van der Waals surface area contributed by atoms with Crippen LogP contribution >= 0.6 is 12.6 Å². The number of ether oxygens (including phenoxy) is 1. The number of esters is 1. The van der Waals surface area contributed by atoms with Gasteiger partial charge >= 0.3 is 5.97 Å². The highest BCUT2D eigenvalue weighted by Crippen LogP contribution is 2.19. The van der Waals surface area contributed by atoms with Gasteiger partial charge in [-0.05, 0) is 24.6 Å². The Morgan fingerprint density at radius 1 is 1.57 bits per heavy atom. The van der Waals surface area contributed by atoms with Gasteiger partial charge in [-0.25, -0.2) is 4.79 Å². The number of aryl methyl sites for hydroxylation is 1. The van der Waals surface area contributed by atoms with Crippen molar-refractivity contribution in [1.82, 2.24) is 0 Å². The smallest absolute Gasteiger partial charge is 0.339 e. The number of thiol groups is 1. The van der Waals surface area contributed by atoms with Gasteiger partial charge in [0, 0.05) is 4.90 Å². The van der Waals surface area contributed by atoms with E-state index < -0.39 is 5.97 Å². The molecule has 0 bridgehead atoms. The molecule has 0 radical (unpaired) electrons. The summed E-state index contributed by atoms with van der Waals surface area (Å²) in [7, 11) is 1.28. The number of methoxy groups -OCH3 is 1. The first-order valence-electron chi connectivity index (χ1n) is 3.92. The third-order valence-corrected chi connectivity index (χ3v) is 2.34. The number of hydrogen-bond acceptors (Lipinski definition) is 4. The molecule has 0 aliphatic carbocycles. The van der Waals surface area contributed by atoms with Crippen LogP contribution < -0.4 is 0 Å². The molecule has 0 amide bonds. The molecule has 4 heteroatoms. The van der Waals surface area contributed by atoms with Gasteiger partial charge in [-0.2, -0.15) is 5.26 Å². The first kappa shape index (κ1) is 10.6. The zero-order valence-electron chi connectivity index (χ0n) is 7.87. The molecule has 1 aromatic carbocycles. The third-order valence-electron chi connectivity index (χ3n) is 1.86. The minimum atomic E-state index is -0.517. The Kier molecular flexibility index (Phi) is 3.15. The van der Waals surface area contributed by atoms with Gasteiger partial charge in [0.15, 0.2) is 0 Å². The molecule has 0 aliphatic heterocycles. The summed E-state index contributed by atoms with van der Waals surface area (Å²) in [4.78, 5) is 11.9. The lowest BCUT2D eigenvalue weighted by Crippen LogP contribution is -2.04. The van der Waals surface area contributed by atoms with Crippen LogP contribution in [0.25, 0.3) is 0 Å². The quantitative estimate of drug-likeness (QED) is 0.565. The predicted molar refractivity (Wildman–Crippen MR) is 54.5 cm³/mol. The zero-order valence-corrected chi connectivity index (χ0v) is 8.76. The molecule has 0 aliphatic rings. The summed E-state index contributed by atoms with van der Waals surface area (Å²) < 4.78 is 4.55. The summed E-state index contributed by atoms with van der Waals surface area (Å²) in [6.45, 7) is 1.82. The van der Waals surface area contributed by atoms with Gasteiger partial charge in [0.2, 0.25) is 0 Å². The molecule has 0 spiro atoms. The van der Waals surface area contributed by atoms with Crippen LogP contribution in [0.3, 0.4) is 0 Å². The second kappa shape index (κ2) is 4.16. The number of benzene rings is 1. The number of hydrogen-bond donors (Lipinski definition) is 1. The van der Waals surface area contributed by atoms with Crippen molar-refractivity contribution < 1.29 is 9.53 Å². The Morgan fingerprint density at radius 3 is 2.71 bits per heavy atom. The van der Waals surface area contributed by atoms with Crippen molar-refractivity contribution in [3.05, 3.63) is 28.8 Å². The predicted octanol–water partition coefficient (Wildman–Crippen LogP) is 1.94. The Hall–Kier alpha value is -1.47. The Bertz CT molecular complexity index is 421. The Morgan fingerprint density at radius 2 is 2.21 bits per heavy atom. The molecule has 0 unspecified atom stereocenters. The van der Waals surface area contributed by atoms with Crippen LogP contribution in [0.15, 0.2) is 17.0 Å². The molecule has 14 heavy (non-hydrogen) atoms. The maximum absolute atomic E-state index is 11.2. The van der Waals surface area contributed by atoms with E-state index in [1.54, 1.807) is 12.1 Å². The van der Waals surface area contributed by atoms with E-state index in [9.17, 15) is 4.79 Å². The molecule has 72 valence electrons. The van der Waals surface area contributed by atoms with Crippen molar-refractivity contribution in [1.29, 1.82) is 5.26 Å². The second-order valence-electron chi connectivity index (χ2n) is 2.79. The largest absolute Gasteiger partial charge is 0.465 e. The Labute approximate surface area is 87.7 Å². The van der Waals surface area contributed by atoms with Crippen LogP contribution in [0, 0.1) is 18.3 Å². The number of rotatable bonds is 1. The summed E-state index contributed by atoms with van der Waals surface area (Å²) in [5, 5.41) is 8.80. The van der Waals surface area contributed by atoms with Crippen LogP contribution in [-0.2, 0) is 4.74 Å². The van der Waals surface area contributed by atoms with Crippen LogP contribution in [0.5, 0.6) is 0 Å². The van der Waals surface area contributed by atoms with Crippen molar-refractivity contribution in [3.63, 3.8) is 0 Å². The molecule has 1 aromatic rings. The minimum absolute atomic E-state index is 0.255. The van der Waals surface area contributed by atoms with E-state index in [-0.39, 0.29) is 5.56 Å². The van der Waals surface area contributed by atoms with Gasteiger partial charge in [-0.1, -0.05) is 0 Å². The average Bonchev–Trinajstić information content (AvgIpc) is 2.20. The highest BCUT2D eigenvalue weighted by Gasteiger charge is 2.13. The fourth-order valence-electron chi connectivity index (χ4n) is 1.07. The second-order valence-corrected chi connectivity index (χ2v) is 3.27. The normalized spacial score (nSPS) is 9.29. The van der Waals surface area contributed by atoms with Crippen LogP contribution in [-0.4, -0.2) is 13.1 Å². The summed E-state index contributed by atoms with van der Waals surface area (Å²) in [5.74, 6) is -0.517. The van der Waals surface area contributed by atoms with Gasteiger partial charge in [-0.15, -0.1) is 12.6 Å². The maximum atomic E-state index is 11.2. The lowest BCUT2D eigenvalue weighted by molar-refractivity contribution is 0.0600. The molecule has 0 saturated carbocycles. The molecule has 3 nitrogen and oxygen atoms in total. The minimum Gasteiger partial charge on any atom is -0.465 e. The van der Waals surface area contributed by atoms with E-state index in [1.807, 2.05) is 13.0 Å². The number of nitrogens with zero attached hydrogens (tertiary/aromatic N) is 1. The summed E-state index contributed by atoms with van der Waals surface area (Å²) in [6, 6.07) is 5.11. The highest BCUT2D eigenvalue weighted by atomic mass is 32.1. The standard InChI is InChI=1S/C10H9NO2S/c1-6-3-7(5-11)8(4-9(6)14)10(12)13-2/h3-4,14H,1-2H3. The molecule has 0 saturated heterocycles. The SMILES string of the molecule is COC(=O)c1cc(S)c(C)cc1C#N. The van der Waals surface area contributed by atoms with Crippen molar-refractivity contribution in [2.24, 2.45) is 0 Å². The van der Waals surface area contributed by atoms with Crippen LogP contribution in [0.4, 0.5) is 0 Å². The molecular formula is C10H9NO2S. The van der Waals surface area contributed by atoms with Gasteiger partial charge in [-0.3, -0.25) is 0 Å². The number of nitriles is 1. The van der Waals surface area contributed by atoms with E-state index in [2.05, 4.69) is 17.4 Å². The molecule has 0 atom stereocenters. The fourth-order valence-corrected chi connectivity index (χ4v) is 1.26. The van der Waals surface area contributed by atoms with Crippen LogP contribution in [0.1, 0.15) is 21.5 Å². The van der Waals surface area contributed by atoms with E-state index in [0.717, 1.165) is 5.56 Å². The average molecular weight is 207 g/mol. The summed E-state index contributed by atoms with van der Waals surface area (Å²) in [6.07, 6.45) is 0. The van der Waals surface area contributed by atoms with E-state index in [0.29, 0.717) is 10.5 Å². The monoisotopic (exact) mass is 207 g/mol. The number of carbonyl (C=O) groups excluding carboxylic acids is 1. The molecule has 1 rings (SSSR count). The third kappa shape index (κ3) is 1.88. The topological polar surface area (TPSA) is 50.1 Å². The lowest BCUT2D eigenvalue weighted by Gasteiger charge is -2.05. The first-order valence-corrected chi connectivity index (χ1v) is 4.37. The fraction of sp³-hybridized carbons (Fsp3) is 0.200. The van der Waals surface area contributed by atoms with E-state index in [4.69, 9.17) is 5.26 Å². The maximum Gasteiger partial charge on any atom is 0.339 e. The van der Waals surface area contributed by atoms with Crippen molar-refractivity contribution in [2.45, 2.75) is 11.8 Å². The van der Waals surface area contributed by atoms with Gasteiger partial charge < -0.3 is 4.74 Å². The van der Waals surface area contributed by atoms with Crippen LogP contribution in [0.2, 0.25) is 0 Å².